The summed E-state index contributed by atoms with van der Waals surface area (Å²) in [7, 11) is 0. The largest absolute Gasteiger partial charge is 0.483 e. The zero-order valence-electron chi connectivity index (χ0n) is 12.4. The van der Waals surface area contributed by atoms with E-state index >= 15 is 0 Å². The molecule has 5 heteroatoms. The highest BCUT2D eigenvalue weighted by molar-refractivity contribution is 5.93. The maximum atomic E-state index is 11.9. The van der Waals surface area contributed by atoms with Gasteiger partial charge in [-0.3, -0.25) is 4.79 Å². The molecule has 2 aromatic carbocycles. The molecule has 0 saturated heterocycles. The standard InChI is InChI=1S/C17H17NO4/c1-11-7-8-12(2)14(9-11)18-16(19)10-22-15-6-4-3-5-13(15)17(20)21/h3-9H,10H2,1-2H3,(H,18,19)(H,20,21). The van der Waals surface area contributed by atoms with Crippen LogP contribution >= 0.6 is 0 Å². The lowest BCUT2D eigenvalue weighted by atomic mass is 10.1. The fourth-order valence-corrected chi connectivity index (χ4v) is 1.97. The third kappa shape index (κ3) is 3.85. The summed E-state index contributed by atoms with van der Waals surface area (Å²) in [5, 5.41) is 11.8. The van der Waals surface area contributed by atoms with Crippen LogP contribution in [0.3, 0.4) is 0 Å². The maximum Gasteiger partial charge on any atom is 0.339 e. The first-order valence-electron chi connectivity index (χ1n) is 6.79. The quantitative estimate of drug-likeness (QED) is 0.890. The van der Waals surface area contributed by atoms with Gasteiger partial charge in [-0.25, -0.2) is 4.79 Å². The van der Waals surface area contributed by atoms with Gasteiger partial charge < -0.3 is 15.2 Å². The van der Waals surface area contributed by atoms with Crippen molar-refractivity contribution in [2.45, 2.75) is 13.8 Å². The normalized spacial score (nSPS) is 10.1. The number of nitrogens with one attached hydrogen (secondary N) is 1. The highest BCUT2D eigenvalue weighted by Crippen LogP contribution is 2.19. The van der Waals surface area contributed by atoms with Crippen molar-refractivity contribution in [3.63, 3.8) is 0 Å². The molecule has 0 radical (unpaired) electrons. The van der Waals surface area contributed by atoms with Crippen molar-refractivity contribution in [3.8, 4) is 5.75 Å². The summed E-state index contributed by atoms with van der Waals surface area (Å²) in [4.78, 5) is 23.0. The molecule has 0 atom stereocenters. The molecule has 22 heavy (non-hydrogen) atoms. The first-order valence-corrected chi connectivity index (χ1v) is 6.79. The molecule has 0 aromatic heterocycles. The lowest BCUT2D eigenvalue weighted by Crippen LogP contribution is -2.21. The van der Waals surface area contributed by atoms with Gasteiger partial charge in [-0.15, -0.1) is 0 Å². The van der Waals surface area contributed by atoms with Gasteiger partial charge in [-0.2, -0.15) is 0 Å². The molecule has 2 aromatic rings. The molecule has 0 unspecified atom stereocenters. The third-order valence-corrected chi connectivity index (χ3v) is 3.14. The van der Waals surface area contributed by atoms with Crippen LogP contribution < -0.4 is 10.1 Å². The predicted octanol–water partition coefficient (Wildman–Crippen LogP) is 3.02. The molecule has 0 aliphatic rings. The molecule has 114 valence electrons. The molecule has 0 aliphatic heterocycles. The fourth-order valence-electron chi connectivity index (χ4n) is 1.97. The Morgan fingerprint density at radius 1 is 1.14 bits per heavy atom. The van der Waals surface area contributed by atoms with E-state index in [1.807, 2.05) is 32.0 Å². The number of carboxylic acids is 1. The van der Waals surface area contributed by atoms with E-state index in [1.165, 1.54) is 12.1 Å². The second-order valence-electron chi connectivity index (χ2n) is 4.96. The number of hydrogen-bond donors (Lipinski definition) is 2. The van der Waals surface area contributed by atoms with E-state index in [0.29, 0.717) is 0 Å². The van der Waals surface area contributed by atoms with Crippen LogP contribution in [0.15, 0.2) is 42.5 Å². The molecule has 2 N–H and O–H groups in total. The number of hydrogen-bond acceptors (Lipinski definition) is 3. The molecule has 0 bridgehead atoms. The van der Waals surface area contributed by atoms with Gasteiger partial charge in [0.2, 0.25) is 0 Å². The van der Waals surface area contributed by atoms with Gasteiger partial charge in [0.15, 0.2) is 6.61 Å². The van der Waals surface area contributed by atoms with Crippen molar-refractivity contribution < 1.29 is 19.4 Å². The highest BCUT2D eigenvalue weighted by Gasteiger charge is 2.12. The fraction of sp³-hybridized carbons (Fsp3) is 0.176. The monoisotopic (exact) mass is 299 g/mol. The van der Waals surface area contributed by atoms with Crippen molar-refractivity contribution in [3.05, 3.63) is 59.2 Å². The number of amides is 1. The minimum Gasteiger partial charge on any atom is -0.483 e. The number of anilines is 1. The summed E-state index contributed by atoms with van der Waals surface area (Å²) >= 11 is 0. The third-order valence-electron chi connectivity index (χ3n) is 3.14. The van der Waals surface area contributed by atoms with Crippen LogP contribution in [-0.4, -0.2) is 23.6 Å². The van der Waals surface area contributed by atoms with Gasteiger partial charge in [0.05, 0.1) is 0 Å². The highest BCUT2D eigenvalue weighted by atomic mass is 16.5. The molecule has 5 nitrogen and oxygen atoms in total. The van der Waals surface area contributed by atoms with E-state index < -0.39 is 5.97 Å². The Kier molecular flexibility index (Phi) is 4.78. The number of carbonyl (C=O) groups is 2. The lowest BCUT2D eigenvalue weighted by molar-refractivity contribution is -0.118. The van der Waals surface area contributed by atoms with Gasteiger partial charge in [-0.05, 0) is 43.2 Å². The molecular formula is C17H17NO4. The van der Waals surface area contributed by atoms with Crippen molar-refractivity contribution in [1.29, 1.82) is 0 Å². The predicted molar refractivity (Wildman–Crippen MR) is 83.4 cm³/mol. The van der Waals surface area contributed by atoms with E-state index in [-0.39, 0.29) is 23.8 Å². The van der Waals surface area contributed by atoms with Crippen LogP contribution in [0.2, 0.25) is 0 Å². The molecule has 0 fully saturated rings. The van der Waals surface area contributed by atoms with Gasteiger partial charge >= 0.3 is 5.97 Å². The Bertz CT molecular complexity index is 710. The first-order chi connectivity index (χ1) is 10.5. The number of carbonyl (C=O) groups excluding carboxylic acids is 1. The average Bonchev–Trinajstić information content (AvgIpc) is 2.49. The Labute approximate surface area is 128 Å². The second-order valence-corrected chi connectivity index (χ2v) is 4.96. The van der Waals surface area contributed by atoms with Gasteiger partial charge in [0, 0.05) is 5.69 Å². The summed E-state index contributed by atoms with van der Waals surface area (Å²) in [5.74, 6) is -1.26. The number of ether oxygens (including phenoxy) is 1. The van der Waals surface area contributed by atoms with Crippen molar-refractivity contribution in [2.75, 3.05) is 11.9 Å². The number of benzene rings is 2. The lowest BCUT2D eigenvalue weighted by Gasteiger charge is -2.11. The minimum absolute atomic E-state index is 0.0297. The second kappa shape index (κ2) is 6.76. The van der Waals surface area contributed by atoms with Crippen LogP contribution in [0.1, 0.15) is 21.5 Å². The first kappa shape index (κ1) is 15.6. The van der Waals surface area contributed by atoms with Gasteiger partial charge in [0.1, 0.15) is 11.3 Å². The summed E-state index contributed by atoms with van der Waals surface area (Å²) in [6, 6.07) is 12.0. The topological polar surface area (TPSA) is 75.6 Å². The maximum absolute atomic E-state index is 11.9. The van der Waals surface area contributed by atoms with E-state index in [2.05, 4.69) is 5.32 Å². The van der Waals surface area contributed by atoms with Crippen molar-refractivity contribution in [2.24, 2.45) is 0 Å². The van der Waals surface area contributed by atoms with E-state index in [0.717, 1.165) is 16.8 Å². The molecule has 0 spiro atoms. The van der Waals surface area contributed by atoms with Crippen molar-refractivity contribution in [1.82, 2.24) is 0 Å². The molecule has 0 saturated carbocycles. The zero-order valence-corrected chi connectivity index (χ0v) is 12.4. The molecule has 0 aliphatic carbocycles. The van der Waals surface area contributed by atoms with E-state index in [4.69, 9.17) is 9.84 Å². The Hall–Kier alpha value is -2.82. The van der Waals surface area contributed by atoms with Crippen LogP contribution in [0.5, 0.6) is 5.75 Å². The number of para-hydroxylation sites is 1. The summed E-state index contributed by atoms with van der Waals surface area (Å²) < 4.78 is 5.31. The Morgan fingerprint density at radius 3 is 2.59 bits per heavy atom. The number of aromatic carboxylic acids is 1. The molecule has 1 amide bonds. The zero-order chi connectivity index (χ0) is 16.1. The molecular weight excluding hydrogens is 282 g/mol. The van der Waals surface area contributed by atoms with Gasteiger partial charge in [0.25, 0.3) is 5.91 Å². The van der Waals surface area contributed by atoms with Gasteiger partial charge in [-0.1, -0.05) is 24.3 Å². The van der Waals surface area contributed by atoms with E-state index in [1.54, 1.807) is 12.1 Å². The van der Waals surface area contributed by atoms with Crippen LogP contribution in [0, 0.1) is 13.8 Å². The van der Waals surface area contributed by atoms with Crippen LogP contribution in [0.25, 0.3) is 0 Å². The summed E-state index contributed by atoms with van der Waals surface area (Å²) in [6.45, 7) is 3.59. The Balaban J connectivity index is 2.02. The minimum atomic E-state index is -1.09. The van der Waals surface area contributed by atoms with Crippen LogP contribution in [-0.2, 0) is 4.79 Å². The average molecular weight is 299 g/mol. The summed E-state index contributed by atoms with van der Waals surface area (Å²) in [5.41, 5.74) is 2.74. The van der Waals surface area contributed by atoms with Crippen LogP contribution in [0.4, 0.5) is 5.69 Å². The number of carboxylic acid groups (broad SMARTS) is 1. The SMILES string of the molecule is Cc1ccc(C)c(NC(=O)COc2ccccc2C(=O)O)c1. The Morgan fingerprint density at radius 2 is 1.86 bits per heavy atom. The number of aryl methyl sites for hydroxylation is 2. The molecule has 2 rings (SSSR count). The smallest absolute Gasteiger partial charge is 0.339 e. The van der Waals surface area contributed by atoms with Crippen molar-refractivity contribution >= 4 is 17.6 Å². The number of rotatable bonds is 5. The summed E-state index contributed by atoms with van der Waals surface area (Å²) in [6.07, 6.45) is 0. The van der Waals surface area contributed by atoms with E-state index in [9.17, 15) is 9.59 Å². The molecule has 0 heterocycles.